The third kappa shape index (κ3) is 5.59. The molecule has 0 saturated heterocycles. The number of hydrogen-bond acceptors (Lipinski definition) is 2. The first kappa shape index (κ1) is 20.0. The molecule has 7 heteroatoms. The maximum Gasteiger partial charge on any atom is 0.416 e. The second kappa shape index (κ2) is 8.36. The Morgan fingerprint density at radius 2 is 1.54 bits per heavy atom. The molecule has 2 rings (SSSR count). The van der Waals surface area contributed by atoms with Gasteiger partial charge in [0.25, 0.3) is 0 Å². The van der Waals surface area contributed by atoms with E-state index >= 15 is 0 Å². The number of nitrogens with zero attached hydrogens (tertiary/aromatic N) is 3. The van der Waals surface area contributed by atoms with Gasteiger partial charge in [-0.05, 0) is 42.3 Å². The summed E-state index contributed by atoms with van der Waals surface area (Å²) in [5.74, 6) is 0.712. The summed E-state index contributed by atoms with van der Waals surface area (Å²) in [6, 6.07) is 12.2. The zero-order chi connectivity index (χ0) is 19.3. The number of rotatable bonds is 4. The Bertz CT molecular complexity index is 792. The molecule has 0 fully saturated rings. The fourth-order valence-electron chi connectivity index (χ4n) is 2.06. The van der Waals surface area contributed by atoms with E-state index in [4.69, 9.17) is 11.6 Å². The van der Waals surface area contributed by atoms with Crippen molar-refractivity contribution in [2.45, 2.75) is 19.5 Å². The smallest absolute Gasteiger partial charge is 0.365 e. The van der Waals surface area contributed by atoms with E-state index in [9.17, 15) is 13.2 Å². The van der Waals surface area contributed by atoms with Gasteiger partial charge in [0.1, 0.15) is 5.84 Å². The van der Waals surface area contributed by atoms with Gasteiger partial charge in [0.15, 0.2) is 0 Å². The van der Waals surface area contributed by atoms with E-state index in [0.717, 1.165) is 17.7 Å². The molecule has 138 valence electrons. The van der Waals surface area contributed by atoms with Crippen LogP contribution in [0, 0.1) is 0 Å². The second-order valence-corrected chi connectivity index (χ2v) is 6.40. The zero-order valence-corrected chi connectivity index (χ0v) is 15.4. The molecule has 0 atom stereocenters. The highest BCUT2D eigenvalue weighted by Gasteiger charge is 2.29. The molecule has 0 radical (unpaired) electrons. The Morgan fingerprint density at radius 3 is 2.04 bits per heavy atom. The quantitative estimate of drug-likeness (QED) is 0.402. The van der Waals surface area contributed by atoms with Crippen molar-refractivity contribution in [1.29, 1.82) is 0 Å². The van der Waals surface area contributed by atoms with Gasteiger partial charge in [-0.2, -0.15) is 18.3 Å². The van der Waals surface area contributed by atoms with Gasteiger partial charge in [0, 0.05) is 25.5 Å². The Balaban J connectivity index is 2.33. The van der Waals surface area contributed by atoms with Crippen molar-refractivity contribution in [1.82, 2.24) is 4.90 Å². The van der Waals surface area contributed by atoms with Crippen LogP contribution in [0.3, 0.4) is 0 Å². The van der Waals surface area contributed by atoms with Crippen LogP contribution in [0.4, 0.5) is 13.2 Å². The van der Waals surface area contributed by atoms with E-state index in [0.29, 0.717) is 28.6 Å². The molecule has 2 aromatic rings. The van der Waals surface area contributed by atoms with Gasteiger partial charge in [-0.3, -0.25) is 0 Å². The van der Waals surface area contributed by atoms with E-state index in [-0.39, 0.29) is 0 Å². The highest BCUT2D eigenvalue weighted by Crippen LogP contribution is 2.29. The van der Waals surface area contributed by atoms with Crippen LogP contribution in [0.5, 0.6) is 0 Å². The molecule has 0 bridgehead atoms. The lowest BCUT2D eigenvalue weighted by atomic mass is 10.0. The van der Waals surface area contributed by atoms with E-state index in [2.05, 4.69) is 10.2 Å². The van der Waals surface area contributed by atoms with Crippen LogP contribution in [0.15, 0.2) is 58.7 Å². The van der Waals surface area contributed by atoms with Crippen LogP contribution in [-0.2, 0) is 12.6 Å². The van der Waals surface area contributed by atoms with Crippen LogP contribution in [0.1, 0.15) is 23.6 Å². The predicted molar refractivity (Wildman–Crippen MR) is 99.9 cm³/mol. The Morgan fingerprint density at radius 1 is 0.962 bits per heavy atom. The Kier molecular flexibility index (Phi) is 6.42. The maximum absolute atomic E-state index is 12.7. The molecule has 0 aliphatic rings. The van der Waals surface area contributed by atoms with Gasteiger partial charge < -0.3 is 4.90 Å². The van der Waals surface area contributed by atoms with Gasteiger partial charge in [-0.1, -0.05) is 35.9 Å². The first-order valence-electron chi connectivity index (χ1n) is 7.87. The van der Waals surface area contributed by atoms with Crippen molar-refractivity contribution in [3.63, 3.8) is 0 Å². The third-order valence-corrected chi connectivity index (χ3v) is 4.04. The standard InChI is InChI=1S/C19H19ClF3N3/c1-13(26(2)3)24-25-18(15-6-10-17(20)11-7-15)12-14-4-8-16(9-5-14)19(21,22)23/h4-11H,12H2,1-3H3. The molecule has 0 heterocycles. The maximum atomic E-state index is 12.7. The van der Waals surface area contributed by atoms with Crippen molar-refractivity contribution in [2.24, 2.45) is 10.2 Å². The molecule has 0 aromatic heterocycles. The fraction of sp³-hybridized carbons (Fsp3) is 0.263. The van der Waals surface area contributed by atoms with Crippen LogP contribution in [-0.4, -0.2) is 30.5 Å². The van der Waals surface area contributed by atoms with Crippen molar-refractivity contribution in [2.75, 3.05) is 14.1 Å². The number of benzene rings is 2. The molecular formula is C19H19ClF3N3. The van der Waals surface area contributed by atoms with Crippen molar-refractivity contribution >= 4 is 23.1 Å². The average Bonchev–Trinajstić information content (AvgIpc) is 2.58. The van der Waals surface area contributed by atoms with E-state index in [1.54, 1.807) is 12.1 Å². The van der Waals surface area contributed by atoms with Gasteiger partial charge in [0.05, 0.1) is 11.3 Å². The first-order valence-corrected chi connectivity index (χ1v) is 8.25. The molecule has 3 nitrogen and oxygen atoms in total. The summed E-state index contributed by atoms with van der Waals surface area (Å²) in [5, 5.41) is 9.10. The summed E-state index contributed by atoms with van der Waals surface area (Å²) in [7, 11) is 3.71. The minimum atomic E-state index is -4.35. The first-order chi connectivity index (χ1) is 12.2. The lowest BCUT2D eigenvalue weighted by Crippen LogP contribution is -2.18. The number of alkyl halides is 3. The largest absolute Gasteiger partial charge is 0.416 e. The minimum absolute atomic E-state index is 0.351. The van der Waals surface area contributed by atoms with Crippen LogP contribution >= 0.6 is 11.6 Å². The van der Waals surface area contributed by atoms with Crippen molar-refractivity contribution in [3.05, 3.63) is 70.2 Å². The van der Waals surface area contributed by atoms with E-state index in [1.807, 2.05) is 38.1 Å². The molecule has 26 heavy (non-hydrogen) atoms. The summed E-state index contributed by atoms with van der Waals surface area (Å²) < 4.78 is 38.1. The minimum Gasteiger partial charge on any atom is -0.365 e. The summed E-state index contributed by atoms with van der Waals surface area (Å²) in [6.07, 6.45) is -4.00. The Labute approximate surface area is 155 Å². The zero-order valence-electron chi connectivity index (χ0n) is 14.7. The van der Waals surface area contributed by atoms with Gasteiger partial charge in [0.2, 0.25) is 0 Å². The SMILES string of the molecule is CC(=NN=C(Cc1ccc(C(F)(F)F)cc1)c1ccc(Cl)cc1)N(C)C. The highest BCUT2D eigenvalue weighted by molar-refractivity contribution is 6.30. The van der Waals surface area contributed by atoms with E-state index in [1.165, 1.54) is 12.1 Å². The molecular weight excluding hydrogens is 363 g/mol. The van der Waals surface area contributed by atoms with Gasteiger partial charge in [-0.25, -0.2) is 0 Å². The fourth-order valence-corrected chi connectivity index (χ4v) is 2.19. The highest BCUT2D eigenvalue weighted by atomic mass is 35.5. The van der Waals surface area contributed by atoms with Gasteiger partial charge >= 0.3 is 6.18 Å². The molecule has 0 N–H and O–H groups in total. The Hall–Kier alpha value is -2.34. The number of hydrogen-bond donors (Lipinski definition) is 0. The molecule has 0 aliphatic carbocycles. The molecule has 0 saturated carbocycles. The third-order valence-electron chi connectivity index (χ3n) is 3.79. The second-order valence-electron chi connectivity index (χ2n) is 5.97. The molecule has 0 spiro atoms. The number of amidine groups is 1. The summed E-state index contributed by atoms with van der Waals surface area (Å²) >= 11 is 5.93. The monoisotopic (exact) mass is 381 g/mol. The molecule has 0 unspecified atom stereocenters. The molecule has 2 aromatic carbocycles. The van der Waals surface area contributed by atoms with Crippen molar-refractivity contribution in [3.8, 4) is 0 Å². The average molecular weight is 382 g/mol. The van der Waals surface area contributed by atoms with Crippen molar-refractivity contribution < 1.29 is 13.2 Å². The predicted octanol–water partition coefficient (Wildman–Crippen LogP) is 5.29. The van der Waals surface area contributed by atoms with Crippen LogP contribution < -0.4 is 0 Å². The summed E-state index contributed by atoms with van der Waals surface area (Å²) in [5.41, 5.74) is 1.49. The molecule has 0 aliphatic heterocycles. The summed E-state index contributed by atoms with van der Waals surface area (Å²) in [4.78, 5) is 1.82. The van der Waals surface area contributed by atoms with E-state index < -0.39 is 11.7 Å². The lowest BCUT2D eigenvalue weighted by molar-refractivity contribution is -0.137. The normalized spacial score (nSPS) is 13.0. The number of halogens is 4. The van der Waals surface area contributed by atoms with Crippen LogP contribution in [0.25, 0.3) is 0 Å². The summed E-state index contributed by atoms with van der Waals surface area (Å²) in [6.45, 7) is 1.82. The topological polar surface area (TPSA) is 28.0 Å². The molecule has 0 amide bonds. The lowest BCUT2D eigenvalue weighted by Gasteiger charge is -2.11. The van der Waals surface area contributed by atoms with Crippen LogP contribution in [0.2, 0.25) is 5.02 Å². The van der Waals surface area contributed by atoms with Gasteiger partial charge in [-0.15, -0.1) is 5.10 Å².